The van der Waals surface area contributed by atoms with E-state index in [1.54, 1.807) is 0 Å². The molecular formula is C15H24ClN3O. The number of aliphatic hydroxyl groups is 1. The molecule has 2 N–H and O–H groups in total. The van der Waals surface area contributed by atoms with Gasteiger partial charge in [-0.1, -0.05) is 18.5 Å². The highest BCUT2D eigenvalue weighted by molar-refractivity contribution is 6.31. The van der Waals surface area contributed by atoms with Crippen molar-refractivity contribution in [1.29, 1.82) is 0 Å². The molecule has 2 heterocycles. The molecule has 0 aliphatic carbocycles. The zero-order valence-corrected chi connectivity index (χ0v) is 12.9. The molecule has 5 heteroatoms. The maximum Gasteiger partial charge on any atom is 0.126 e. The molecule has 1 aliphatic heterocycles. The Kier molecular flexibility index (Phi) is 6.07. The molecule has 112 valence electrons. The fraction of sp³-hybridized carbons (Fsp3) is 0.667. The molecule has 1 fully saturated rings. The summed E-state index contributed by atoms with van der Waals surface area (Å²) in [5.41, 5.74) is 0.942. The number of halogens is 1. The third-order valence-corrected chi connectivity index (χ3v) is 4.10. The van der Waals surface area contributed by atoms with Crippen LogP contribution >= 0.6 is 11.6 Å². The van der Waals surface area contributed by atoms with Crippen LogP contribution in [0.1, 0.15) is 31.9 Å². The number of hydrogen-bond donors (Lipinski definition) is 2. The number of nitrogens with zero attached hydrogens (tertiary/aromatic N) is 2. The summed E-state index contributed by atoms with van der Waals surface area (Å²) in [6.07, 6.45) is 3.14. The lowest BCUT2D eigenvalue weighted by Crippen LogP contribution is -2.21. The molecule has 0 bridgehead atoms. The maximum atomic E-state index is 9.01. The first-order valence-corrected chi connectivity index (χ1v) is 7.83. The number of aromatic nitrogens is 1. The summed E-state index contributed by atoms with van der Waals surface area (Å²) in [5.74, 6) is 1.51. The van der Waals surface area contributed by atoms with Crippen molar-refractivity contribution in [3.8, 4) is 0 Å². The third kappa shape index (κ3) is 4.33. The van der Waals surface area contributed by atoms with Crippen LogP contribution in [0.5, 0.6) is 0 Å². The molecule has 2 rings (SSSR count). The molecule has 1 aliphatic rings. The quantitative estimate of drug-likeness (QED) is 0.812. The summed E-state index contributed by atoms with van der Waals surface area (Å²) < 4.78 is 0. The van der Waals surface area contributed by atoms with Crippen LogP contribution in [0.2, 0.25) is 5.02 Å². The number of anilines is 1. The number of rotatable bonds is 7. The van der Waals surface area contributed by atoms with Crippen LogP contribution in [-0.2, 0) is 6.54 Å². The summed E-state index contributed by atoms with van der Waals surface area (Å²) >= 11 is 6.25. The first kappa shape index (κ1) is 15.5. The van der Waals surface area contributed by atoms with Crippen LogP contribution in [0.25, 0.3) is 0 Å². The number of likely N-dealkylation sites (tertiary alicyclic amines) is 1. The van der Waals surface area contributed by atoms with E-state index >= 15 is 0 Å². The van der Waals surface area contributed by atoms with Crippen molar-refractivity contribution in [2.24, 2.45) is 5.92 Å². The van der Waals surface area contributed by atoms with E-state index in [-0.39, 0.29) is 6.61 Å². The fourth-order valence-corrected chi connectivity index (χ4v) is 2.80. The molecule has 0 spiro atoms. The molecule has 0 aromatic carbocycles. The van der Waals surface area contributed by atoms with E-state index in [0.717, 1.165) is 62.0 Å². The van der Waals surface area contributed by atoms with Crippen molar-refractivity contribution in [1.82, 2.24) is 9.88 Å². The maximum absolute atomic E-state index is 9.01. The van der Waals surface area contributed by atoms with Crippen LogP contribution in [0, 0.1) is 5.92 Å². The van der Waals surface area contributed by atoms with Crippen LogP contribution in [0.3, 0.4) is 0 Å². The third-order valence-electron chi connectivity index (χ3n) is 3.76. The minimum absolute atomic E-state index is 0.286. The Labute approximate surface area is 126 Å². The van der Waals surface area contributed by atoms with E-state index in [1.165, 1.54) is 0 Å². The Morgan fingerprint density at radius 3 is 3.10 bits per heavy atom. The lowest BCUT2D eigenvalue weighted by atomic mass is 10.1. The molecule has 0 saturated carbocycles. The van der Waals surface area contributed by atoms with Gasteiger partial charge < -0.3 is 10.4 Å². The van der Waals surface area contributed by atoms with Crippen molar-refractivity contribution < 1.29 is 5.11 Å². The van der Waals surface area contributed by atoms with Gasteiger partial charge in [-0.2, -0.15) is 0 Å². The molecule has 1 unspecified atom stereocenters. The molecule has 1 aromatic rings. The van der Waals surface area contributed by atoms with Gasteiger partial charge in [0.2, 0.25) is 0 Å². The summed E-state index contributed by atoms with van der Waals surface area (Å²) in [5, 5.41) is 13.0. The van der Waals surface area contributed by atoms with Crippen molar-refractivity contribution in [2.75, 3.05) is 31.6 Å². The first-order chi connectivity index (χ1) is 9.72. The number of hydrogen-bond acceptors (Lipinski definition) is 4. The van der Waals surface area contributed by atoms with Gasteiger partial charge in [-0.05, 0) is 43.9 Å². The van der Waals surface area contributed by atoms with Crippen LogP contribution < -0.4 is 5.32 Å². The second-order valence-electron chi connectivity index (χ2n) is 5.45. The molecule has 1 aromatic heterocycles. The summed E-state index contributed by atoms with van der Waals surface area (Å²) in [6, 6.07) is 3.85. The van der Waals surface area contributed by atoms with Gasteiger partial charge >= 0.3 is 0 Å². The van der Waals surface area contributed by atoms with Gasteiger partial charge in [0.05, 0.1) is 10.7 Å². The SMILES string of the molecule is CCCNc1ccc(Cl)c(CN2CCC(CCO)C2)n1. The Balaban J connectivity index is 1.94. The van der Waals surface area contributed by atoms with Crippen molar-refractivity contribution in [2.45, 2.75) is 32.7 Å². The lowest BCUT2D eigenvalue weighted by Gasteiger charge is -2.17. The molecule has 0 amide bonds. The highest BCUT2D eigenvalue weighted by atomic mass is 35.5. The van der Waals surface area contributed by atoms with E-state index in [9.17, 15) is 0 Å². The van der Waals surface area contributed by atoms with Crippen LogP contribution in [0.15, 0.2) is 12.1 Å². The lowest BCUT2D eigenvalue weighted by molar-refractivity contribution is 0.249. The molecule has 1 saturated heterocycles. The first-order valence-electron chi connectivity index (χ1n) is 7.45. The topological polar surface area (TPSA) is 48.4 Å². The van der Waals surface area contributed by atoms with Gasteiger partial charge in [0, 0.05) is 26.2 Å². The minimum atomic E-state index is 0.286. The Morgan fingerprint density at radius 2 is 2.35 bits per heavy atom. The second-order valence-corrected chi connectivity index (χ2v) is 5.86. The monoisotopic (exact) mass is 297 g/mol. The highest BCUT2D eigenvalue weighted by Gasteiger charge is 2.22. The molecule has 4 nitrogen and oxygen atoms in total. The van der Waals surface area contributed by atoms with Gasteiger partial charge in [-0.15, -0.1) is 0 Å². The molecule has 1 atom stereocenters. The molecule has 0 radical (unpaired) electrons. The van der Waals surface area contributed by atoms with E-state index < -0.39 is 0 Å². The van der Waals surface area contributed by atoms with Crippen LogP contribution in [-0.4, -0.2) is 41.2 Å². The predicted molar refractivity (Wildman–Crippen MR) is 83.1 cm³/mol. The largest absolute Gasteiger partial charge is 0.396 e. The zero-order valence-electron chi connectivity index (χ0n) is 12.1. The van der Waals surface area contributed by atoms with Gasteiger partial charge in [-0.25, -0.2) is 4.98 Å². The normalized spacial score (nSPS) is 19.4. The number of nitrogens with one attached hydrogen (secondary N) is 1. The highest BCUT2D eigenvalue weighted by Crippen LogP contribution is 2.24. The van der Waals surface area contributed by atoms with E-state index in [0.29, 0.717) is 5.92 Å². The van der Waals surface area contributed by atoms with Gasteiger partial charge in [0.1, 0.15) is 5.82 Å². The molecule has 20 heavy (non-hydrogen) atoms. The standard InChI is InChI=1S/C15H24ClN3O/c1-2-7-17-15-4-3-13(16)14(18-15)11-19-8-5-12(10-19)6-9-20/h3-4,12,20H,2,5-11H2,1H3,(H,17,18). The average molecular weight is 298 g/mol. The Bertz CT molecular complexity index is 428. The minimum Gasteiger partial charge on any atom is -0.396 e. The van der Waals surface area contributed by atoms with Gasteiger partial charge in [0.25, 0.3) is 0 Å². The van der Waals surface area contributed by atoms with Gasteiger partial charge in [-0.3, -0.25) is 4.90 Å². The Morgan fingerprint density at radius 1 is 1.50 bits per heavy atom. The second kappa shape index (κ2) is 7.81. The fourth-order valence-electron chi connectivity index (χ4n) is 2.63. The Hall–Kier alpha value is -0.840. The number of aliphatic hydroxyl groups excluding tert-OH is 1. The summed E-state index contributed by atoms with van der Waals surface area (Å²) in [7, 11) is 0. The van der Waals surface area contributed by atoms with Crippen molar-refractivity contribution in [3.05, 3.63) is 22.8 Å². The zero-order chi connectivity index (χ0) is 14.4. The van der Waals surface area contributed by atoms with Gasteiger partial charge in [0.15, 0.2) is 0 Å². The van der Waals surface area contributed by atoms with E-state index in [4.69, 9.17) is 16.7 Å². The van der Waals surface area contributed by atoms with Crippen molar-refractivity contribution in [3.63, 3.8) is 0 Å². The van der Waals surface area contributed by atoms with Crippen LogP contribution in [0.4, 0.5) is 5.82 Å². The summed E-state index contributed by atoms with van der Waals surface area (Å²) in [6.45, 7) is 6.24. The van der Waals surface area contributed by atoms with E-state index in [1.807, 2.05) is 12.1 Å². The van der Waals surface area contributed by atoms with E-state index in [2.05, 4.69) is 22.1 Å². The average Bonchev–Trinajstić information content (AvgIpc) is 2.87. The predicted octanol–water partition coefficient (Wildman–Crippen LogP) is 2.76. The smallest absolute Gasteiger partial charge is 0.126 e. The number of pyridine rings is 1. The summed E-state index contributed by atoms with van der Waals surface area (Å²) in [4.78, 5) is 6.98. The molecular weight excluding hydrogens is 274 g/mol. The van der Waals surface area contributed by atoms with Crippen molar-refractivity contribution >= 4 is 17.4 Å².